The summed E-state index contributed by atoms with van der Waals surface area (Å²) in [5.41, 5.74) is 2.52. The Morgan fingerprint density at radius 1 is 1.25 bits per heavy atom. The van der Waals surface area contributed by atoms with Gasteiger partial charge in [-0.1, -0.05) is 29.8 Å². The van der Waals surface area contributed by atoms with Crippen LogP contribution in [-0.4, -0.2) is 39.8 Å². The van der Waals surface area contributed by atoms with E-state index in [0.717, 1.165) is 30.2 Å². The van der Waals surface area contributed by atoms with Crippen LogP contribution in [0.3, 0.4) is 0 Å². The molecule has 0 radical (unpaired) electrons. The number of amides is 1. The SMILES string of the molecule is Cc1ccc2c(c1)N(S(C)(=O)=O)C[C@@H](C(=O)NCCCc1ccc(Cl)cc1)O2. The minimum Gasteiger partial charge on any atom is -0.476 e. The maximum absolute atomic E-state index is 12.5. The number of carbonyl (C=O) groups excluding carboxylic acids is 1. The number of rotatable bonds is 6. The van der Waals surface area contributed by atoms with E-state index in [4.69, 9.17) is 16.3 Å². The lowest BCUT2D eigenvalue weighted by Gasteiger charge is -2.34. The molecule has 150 valence electrons. The fraction of sp³-hybridized carbons (Fsp3) is 0.350. The van der Waals surface area contributed by atoms with Crippen LogP contribution < -0.4 is 14.4 Å². The number of aryl methyl sites for hydroxylation is 2. The van der Waals surface area contributed by atoms with Gasteiger partial charge in [0.1, 0.15) is 5.75 Å². The van der Waals surface area contributed by atoms with Crippen LogP contribution in [0.15, 0.2) is 42.5 Å². The second-order valence-corrected chi connectivity index (χ2v) is 9.24. The van der Waals surface area contributed by atoms with Crippen molar-refractivity contribution < 1.29 is 17.9 Å². The molecule has 3 rings (SSSR count). The molecule has 1 N–H and O–H groups in total. The second kappa shape index (κ2) is 8.41. The Morgan fingerprint density at radius 3 is 2.64 bits per heavy atom. The zero-order valence-corrected chi connectivity index (χ0v) is 17.4. The van der Waals surface area contributed by atoms with Gasteiger partial charge in [-0.3, -0.25) is 9.10 Å². The molecule has 1 aliphatic heterocycles. The average molecular weight is 423 g/mol. The fourth-order valence-corrected chi connectivity index (χ4v) is 4.11. The quantitative estimate of drug-likeness (QED) is 0.726. The molecule has 1 amide bonds. The van der Waals surface area contributed by atoms with Crippen molar-refractivity contribution in [2.24, 2.45) is 0 Å². The van der Waals surface area contributed by atoms with E-state index in [9.17, 15) is 13.2 Å². The number of hydrogen-bond acceptors (Lipinski definition) is 4. The second-order valence-electron chi connectivity index (χ2n) is 6.89. The van der Waals surface area contributed by atoms with Crippen molar-refractivity contribution in [3.63, 3.8) is 0 Å². The van der Waals surface area contributed by atoms with Crippen LogP contribution in [0.5, 0.6) is 5.75 Å². The van der Waals surface area contributed by atoms with E-state index < -0.39 is 16.1 Å². The van der Waals surface area contributed by atoms with Crippen LogP contribution >= 0.6 is 11.6 Å². The molecule has 1 atom stereocenters. The first kappa shape index (κ1) is 20.5. The van der Waals surface area contributed by atoms with Crippen molar-refractivity contribution in [3.05, 3.63) is 58.6 Å². The van der Waals surface area contributed by atoms with Gasteiger partial charge in [0.2, 0.25) is 10.0 Å². The minimum absolute atomic E-state index is 0.0433. The van der Waals surface area contributed by atoms with Crippen molar-refractivity contribution >= 4 is 33.2 Å². The van der Waals surface area contributed by atoms with Crippen LogP contribution in [0.4, 0.5) is 5.69 Å². The summed E-state index contributed by atoms with van der Waals surface area (Å²) in [6.45, 7) is 2.31. The van der Waals surface area contributed by atoms with E-state index in [2.05, 4.69) is 5.32 Å². The molecule has 2 aromatic rings. The Morgan fingerprint density at radius 2 is 1.96 bits per heavy atom. The Balaban J connectivity index is 1.61. The summed E-state index contributed by atoms with van der Waals surface area (Å²) in [6, 6.07) is 12.9. The maximum Gasteiger partial charge on any atom is 0.263 e. The van der Waals surface area contributed by atoms with E-state index in [1.165, 1.54) is 4.31 Å². The van der Waals surface area contributed by atoms with Crippen LogP contribution in [-0.2, 0) is 21.2 Å². The molecule has 2 aromatic carbocycles. The predicted octanol–water partition coefficient (Wildman–Crippen LogP) is 2.92. The lowest BCUT2D eigenvalue weighted by atomic mass is 10.1. The molecule has 0 aliphatic carbocycles. The van der Waals surface area contributed by atoms with E-state index in [0.29, 0.717) is 23.0 Å². The molecule has 28 heavy (non-hydrogen) atoms. The summed E-state index contributed by atoms with van der Waals surface area (Å²) >= 11 is 5.87. The number of sulfonamides is 1. The lowest BCUT2D eigenvalue weighted by molar-refractivity contribution is -0.127. The number of fused-ring (bicyclic) bond motifs is 1. The van der Waals surface area contributed by atoms with Crippen LogP contribution in [0.25, 0.3) is 0 Å². The predicted molar refractivity (Wildman–Crippen MR) is 111 cm³/mol. The number of benzene rings is 2. The van der Waals surface area contributed by atoms with Crippen molar-refractivity contribution in [2.45, 2.75) is 25.9 Å². The first-order valence-corrected chi connectivity index (χ1v) is 11.2. The van der Waals surface area contributed by atoms with Gasteiger partial charge in [0.15, 0.2) is 6.10 Å². The number of ether oxygens (including phenoxy) is 1. The van der Waals surface area contributed by atoms with Crippen molar-refractivity contribution in [2.75, 3.05) is 23.7 Å². The molecule has 1 aliphatic rings. The zero-order valence-electron chi connectivity index (χ0n) is 15.8. The summed E-state index contributed by atoms with van der Waals surface area (Å²) in [7, 11) is -3.52. The van der Waals surface area contributed by atoms with Gasteiger partial charge in [0.05, 0.1) is 18.5 Å². The van der Waals surface area contributed by atoms with E-state index in [-0.39, 0.29) is 12.5 Å². The summed E-state index contributed by atoms with van der Waals surface area (Å²) in [6.07, 6.45) is 1.80. The van der Waals surface area contributed by atoms with E-state index >= 15 is 0 Å². The van der Waals surface area contributed by atoms with Crippen LogP contribution in [0, 0.1) is 6.92 Å². The molecular weight excluding hydrogens is 400 g/mol. The Kier molecular flexibility index (Phi) is 6.15. The number of anilines is 1. The standard InChI is InChI=1S/C20H23ClN2O4S/c1-14-5-10-18-17(12-14)23(28(2,25)26)13-19(27-18)20(24)22-11-3-4-15-6-8-16(21)9-7-15/h5-10,12,19H,3-4,11,13H2,1-2H3,(H,22,24)/t19-/m0/s1. The van der Waals surface area contributed by atoms with Gasteiger partial charge in [-0.25, -0.2) is 8.42 Å². The van der Waals surface area contributed by atoms with Gasteiger partial charge in [0, 0.05) is 11.6 Å². The molecule has 8 heteroatoms. The number of nitrogens with zero attached hydrogens (tertiary/aromatic N) is 1. The number of carbonyl (C=O) groups is 1. The summed E-state index contributed by atoms with van der Waals surface area (Å²) in [5.74, 6) is 0.0690. The number of hydrogen-bond donors (Lipinski definition) is 1. The highest BCUT2D eigenvalue weighted by Gasteiger charge is 2.34. The van der Waals surface area contributed by atoms with Crippen LogP contribution in [0.2, 0.25) is 5.02 Å². The third-order valence-corrected chi connectivity index (χ3v) is 5.93. The summed E-state index contributed by atoms with van der Waals surface area (Å²) in [4.78, 5) is 12.5. The normalized spacial score (nSPS) is 16.2. The molecule has 0 unspecified atom stereocenters. The van der Waals surface area contributed by atoms with E-state index in [1.807, 2.05) is 37.3 Å². The number of nitrogens with one attached hydrogen (secondary N) is 1. The van der Waals surface area contributed by atoms with Gasteiger partial charge < -0.3 is 10.1 Å². The molecular formula is C20H23ClN2O4S. The Hall–Kier alpha value is -2.25. The minimum atomic E-state index is -3.52. The first-order valence-electron chi connectivity index (χ1n) is 9.01. The third kappa shape index (κ3) is 4.97. The van der Waals surface area contributed by atoms with Gasteiger partial charge in [0.25, 0.3) is 5.91 Å². The van der Waals surface area contributed by atoms with E-state index in [1.54, 1.807) is 12.1 Å². The fourth-order valence-electron chi connectivity index (χ4n) is 3.08. The zero-order chi connectivity index (χ0) is 20.3. The molecule has 0 spiro atoms. The monoisotopic (exact) mass is 422 g/mol. The molecule has 0 fully saturated rings. The van der Waals surface area contributed by atoms with Crippen molar-refractivity contribution in [3.8, 4) is 5.75 Å². The maximum atomic E-state index is 12.5. The smallest absolute Gasteiger partial charge is 0.263 e. The highest BCUT2D eigenvalue weighted by atomic mass is 35.5. The van der Waals surface area contributed by atoms with Gasteiger partial charge in [-0.05, 0) is 55.2 Å². The van der Waals surface area contributed by atoms with Gasteiger partial charge >= 0.3 is 0 Å². The van der Waals surface area contributed by atoms with Gasteiger partial charge in [-0.2, -0.15) is 0 Å². The van der Waals surface area contributed by atoms with Crippen molar-refractivity contribution in [1.82, 2.24) is 5.32 Å². The third-order valence-electron chi connectivity index (χ3n) is 4.53. The highest BCUT2D eigenvalue weighted by Crippen LogP contribution is 2.35. The van der Waals surface area contributed by atoms with Crippen molar-refractivity contribution in [1.29, 1.82) is 0 Å². The average Bonchev–Trinajstić information content (AvgIpc) is 2.64. The largest absolute Gasteiger partial charge is 0.476 e. The topological polar surface area (TPSA) is 75.7 Å². The summed E-state index contributed by atoms with van der Waals surface area (Å²) in [5, 5.41) is 3.53. The molecule has 0 aromatic heterocycles. The molecule has 0 saturated carbocycles. The number of halogens is 1. The molecule has 0 saturated heterocycles. The lowest BCUT2D eigenvalue weighted by Crippen LogP contribution is -2.50. The summed E-state index contributed by atoms with van der Waals surface area (Å²) < 4.78 is 31.4. The highest BCUT2D eigenvalue weighted by molar-refractivity contribution is 7.92. The molecule has 1 heterocycles. The molecule has 6 nitrogen and oxygen atoms in total. The molecule has 0 bridgehead atoms. The van der Waals surface area contributed by atoms with Gasteiger partial charge in [-0.15, -0.1) is 0 Å². The Labute approximate surface area is 170 Å². The first-order chi connectivity index (χ1) is 13.2. The van der Waals surface area contributed by atoms with Crippen LogP contribution in [0.1, 0.15) is 17.5 Å². The Bertz CT molecular complexity index is 961.